The zero-order valence-corrected chi connectivity index (χ0v) is 25.4. The zero-order chi connectivity index (χ0) is 28.8. The first-order chi connectivity index (χ1) is 17.7. The number of anilines is 1. The van der Waals surface area contributed by atoms with Gasteiger partial charge in [0.1, 0.15) is 12.6 Å². The lowest BCUT2D eigenvalue weighted by atomic mass is 10.1. The normalized spacial score (nSPS) is 13.2. The molecule has 2 aromatic carbocycles. The lowest BCUT2D eigenvalue weighted by molar-refractivity contribution is -0.140. The van der Waals surface area contributed by atoms with Crippen molar-refractivity contribution in [3.05, 3.63) is 63.1 Å². The molecule has 0 unspecified atom stereocenters. The molecule has 210 valence electrons. The third kappa shape index (κ3) is 7.85. The van der Waals surface area contributed by atoms with Crippen molar-refractivity contribution in [3.63, 3.8) is 0 Å². The molecule has 11 heteroatoms. The summed E-state index contributed by atoms with van der Waals surface area (Å²) in [7, 11) is -1.22. The van der Waals surface area contributed by atoms with E-state index in [-0.39, 0.29) is 18.5 Å². The zero-order valence-electron chi connectivity index (χ0n) is 23.1. The maximum absolute atomic E-state index is 14.0. The number of nitrogens with one attached hydrogen (secondary N) is 1. The Hall–Kier alpha value is -2.33. The first-order valence-corrected chi connectivity index (χ1v) is 14.7. The van der Waals surface area contributed by atoms with Gasteiger partial charge in [-0.25, -0.2) is 4.31 Å². The molecule has 0 bridgehead atoms. The SMILES string of the molecule is CC[C@@H](C)NC(=O)[C@H](CC)N(Cc1ccc(Cl)cc1Cl)C(=O)CN(c1cc(C)ccc1C)S(=O)(=O)N(C)C. The van der Waals surface area contributed by atoms with Crippen molar-refractivity contribution in [1.82, 2.24) is 14.5 Å². The molecule has 0 spiro atoms. The van der Waals surface area contributed by atoms with E-state index in [4.69, 9.17) is 23.2 Å². The second kappa shape index (κ2) is 13.6. The Bertz CT molecular complexity index is 1250. The highest BCUT2D eigenvalue weighted by atomic mass is 35.5. The molecule has 0 saturated heterocycles. The molecule has 0 heterocycles. The van der Waals surface area contributed by atoms with Crippen LogP contribution in [0.1, 0.15) is 50.3 Å². The summed E-state index contributed by atoms with van der Waals surface area (Å²) in [6, 6.07) is 9.42. The topological polar surface area (TPSA) is 90.0 Å². The van der Waals surface area contributed by atoms with E-state index in [1.165, 1.54) is 19.0 Å². The third-order valence-corrected chi connectivity index (χ3v) is 8.79. The Morgan fingerprint density at radius 1 is 1.00 bits per heavy atom. The number of carbonyl (C=O) groups is 2. The predicted octanol–water partition coefficient (Wildman–Crippen LogP) is 4.95. The summed E-state index contributed by atoms with van der Waals surface area (Å²) in [5, 5.41) is 3.74. The Morgan fingerprint density at radius 2 is 1.66 bits per heavy atom. The first-order valence-electron chi connectivity index (χ1n) is 12.5. The minimum Gasteiger partial charge on any atom is -0.352 e. The lowest BCUT2D eigenvalue weighted by Crippen LogP contribution is -2.54. The van der Waals surface area contributed by atoms with E-state index >= 15 is 0 Å². The van der Waals surface area contributed by atoms with Crippen LogP contribution in [0.5, 0.6) is 0 Å². The van der Waals surface area contributed by atoms with E-state index in [9.17, 15) is 18.0 Å². The Kier molecular flexibility index (Phi) is 11.4. The number of hydrogen-bond donors (Lipinski definition) is 1. The molecule has 0 saturated carbocycles. The highest BCUT2D eigenvalue weighted by Crippen LogP contribution is 2.27. The summed E-state index contributed by atoms with van der Waals surface area (Å²) in [6.45, 7) is 8.80. The standard InChI is InChI=1S/C27H38Cl2N4O4S/c1-8-20(5)30-27(35)24(9-2)32(16-21-12-13-22(28)15-23(21)29)26(34)17-33(38(36,37)31(6)7)25-14-18(3)10-11-19(25)4/h10-15,20,24H,8-9,16-17H2,1-7H3,(H,30,35)/t20-,24+/m1/s1. The number of amides is 2. The van der Waals surface area contributed by atoms with Crippen molar-refractivity contribution in [3.8, 4) is 0 Å². The van der Waals surface area contributed by atoms with Crippen LogP contribution in [-0.2, 0) is 26.3 Å². The van der Waals surface area contributed by atoms with Gasteiger partial charge < -0.3 is 10.2 Å². The summed E-state index contributed by atoms with van der Waals surface area (Å²) < 4.78 is 29.0. The minimum atomic E-state index is -4.05. The van der Waals surface area contributed by atoms with Crippen LogP contribution in [0, 0.1) is 13.8 Å². The van der Waals surface area contributed by atoms with Gasteiger partial charge in [0.2, 0.25) is 11.8 Å². The van der Waals surface area contributed by atoms with E-state index in [1.807, 2.05) is 39.8 Å². The molecule has 0 radical (unpaired) electrons. The fourth-order valence-electron chi connectivity index (χ4n) is 3.88. The average Bonchev–Trinajstić information content (AvgIpc) is 2.84. The van der Waals surface area contributed by atoms with Crippen molar-refractivity contribution in [2.75, 3.05) is 24.9 Å². The molecule has 2 aromatic rings. The maximum atomic E-state index is 14.0. The lowest BCUT2D eigenvalue weighted by Gasteiger charge is -2.35. The van der Waals surface area contributed by atoms with Gasteiger partial charge in [-0.05, 0) is 68.5 Å². The monoisotopic (exact) mass is 584 g/mol. The molecule has 0 aliphatic rings. The second-order valence-corrected chi connectivity index (χ2v) is 12.5. The first kappa shape index (κ1) is 31.9. The highest BCUT2D eigenvalue weighted by molar-refractivity contribution is 7.90. The largest absolute Gasteiger partial charge is 0.352 e. The van der Waals surface area contributed by atoms with Gasteiger partial charge in [0.25, 0.3) is 0 Å². The van der Waals surface area contributed by atoms with Crippen LogP contribution in [0.2, 0.25) is 10.0 Å². The van der Waals surface area contributed by atoms with Crippen LogP contribution in [0.25, 0.3) is 0 Å². The fraction of sp³-hybridized carbons (Fsp3) is 0.481. The summed E-state index contributed by atoms with van der Waals surface area (Å²) in [6.07, 6.45) is 1.05. The van der Waals surface area contributed by atoms with Crippen LogP contribution in [0.15, 0.2) is 36.4 Å². The summed E-state index contributed by atoms with van der Waals surface area (Å²) in [4.78, 5) is 28.7. The molecule has 38 heavy (non-hydrogen) atoms. The van der Waals surface area contributed by atoms with Gasteiger partial charge in [0.15, 0.2) is 0 Å². The van der Waals surface area contributed by atoms with Crippen molar-refractivity contribution >= 4 is 50.9 Å². The molecule has 2 amide bonds. The molecule has 2 atom stereocenters. The van der Waals surface area contributed by atoms with E-state index in [0.717, 1.165) is 20.6 Å². The Labute approximate surface area is 237 Å². The quantitative estimate of drug-likeness (QED) is 0.382. The van der Waals surface area contributed by atoms with Gasteiger partial charge in [-0.1, -0.05) is 55.2 Å². The average molecular weight is 586 g/mol. The third-order valence-electron chi connectivity index (χ3n) is 6.39. The van der Waals surface area contributed by atoms with Gasteiger partial charge >= 0.3 is 10.2 Å². The van der Waals surface area contributed by atoms with Crippen LogP contribution < -0.4 is 9.62 Å². The van der Waals surface area contributed by atoms with E-state index in [2.05, 4.69) is 5.32 Å². The fourth-order valence-corrected chi connectivity index (χ4v) is 5.47. The van der Waals surface area contributed by atoms with Crippen molar-refractivity contribution in [2.45, 2.75) is 66.1 Å². The van der Waals surface area contributed by atoms with E-state index in [0.29, 0.717) is 33.3 Å². The van der Waals surface area contributed by atoms with Crippen molar-refractivity contribution in [1.29, 1.82) is 0 Å². The van der Waals surface area contributed by atoms with Crippen LogP contribution in [-0.4, -0.2) is 62.2 Å². The number of rotatable bonds is 12. The highest BCUT2D eigenvalue weighted by Gasteiger charge is 2.34. The van der Waals surface area contributed by atoms with Gasteiger partial charge in [-0.2, -0.15) is 12.7 Å². The van der Waals surface area contributed by atoms with E-state index < -0.39 is 28.7 Å². The van der Waals surface area contributed by atoms with Crippen LogP contribution in [0.3, 0.4) is 0 Å². The summed E-state index contributed by atoms with van der Waals surface area (Å²) in [5.74, 6) is -0.845. The molecule has 1 N–H and O–H groups in total. The molecule has 0 aliphatic heterocycles. The molecule has 2 rings (SSSR count). The van der Waals surface area contributed by atoms with Gasteiger partial charge in [-0.15, -0.1) is 0 Å². The van der Waals surface area contributed by atoms with Crippen LogP contribution in [0.4, 0.5) is 5.69 Å². The number of benzene rings is 2. The molecule has 0 fully saturated rings. The molecule has 0 aromatic heterocycles. The molecule has 8 nitrogen and oxygen atoms in total. The van der Waals surface area contributed by atoms with Gasteiger partial charge in [-0.3, -0.25) is 9.59 Å². The number of halogens is 2. The number of aryl methyl sites for hydroxylation is 2. The number of hydrogen-bond acceptors (Lipinski definition) is 4. The summed E-state index contributed by atoms with van der Waals surface area (Å²) >= 11 is 12.5. The van der Waals surface area contributed by atoms with Gasteiger partial charge in [0, 0.05) is 36.7 Å². The Balaban J connectivity index is 2.59. The van der Waals surface area contributed by atoms with Crippen LogP contribution >= 0.6 is 23.2 Å². The van der Waals surface area contributed by atoms with Gasteiger partial charge in [0.05, 0.1) is 5.69 Å². The minimum absolute atomic E-state index is 0.00389. The number of nitrogens with zero attached hydrogens (tertiary/aromatic N) is 3. The van der Waals surface area contributed by atoms with E-state index in [1.54, 1.807) is 31.2 Å². The predicted molar refractivity (Wildman–Crippen MR) is 155 cm³/mol. The van der Waals surface area contributed by atoms with Crippen molar-refractivity contribution < 1.29 is 18.0 Å². The van der Waals surface area contributed by atoms with Crippen molar-refractivity contribution in [2.24, 2.45) is 0 Å². The molecular formula is C27H38Cl2N4O4S. The smallest absolute Gasteiger partial charge is 0.304 e. The molecule has 0 aliphatic carbocycles. The number of carbonyl (C=O) groups excluding carboxylic acids is 2. The second-order valence-electron chi connectivity index (χ2n) is 9.59. The maximum Gasteiger partial charge on any atom is 0.304 e. The Morgan fingerprint density at radius 3 is 2.21 bits per heavy atom. The molecular weight excluding hydrogens is 547 g/mol. The summed E-state index contributed by atoms with van der Waals surface area (Å²) in [5.41, 5.74) is 2.53.